The van der Waals surface area contributed by atoms with Crippen LogP contribution in [0.25, 0.3) is 16.6 Å². The summed E-state index contributed by atoms with van der Waals surface area (Å²) in [4.78, 5) is 9.07. The summed E-state index contributed by atoms with van der Waals surface area (Å²) in [6.45, 7) is 1.97. The largest absolute Gasteiger partial charge is 0.264 e. The minimum absolute atomic E-state index is 0.883. The minimum atomic E-state index is 0.883. The van der Waals surface area contributed by atoms with E-state index in [1.165, 1.54) is 0 Å². The average Bonchev–Trinajstić information content (AvgIpc) is 2.83. The van der Waals surface area contributed by atoms with E-state index in [-0.39, 0.29) is 0 Å². The zero-order chi connectivity index (χ0) is 13.9. The van der Waals surface area contributed by atoms with Crippen molar-refractivity contribution in [1.82, 2.24) is 14.8 Å². The number of hydrogen-bond donors (Lipinski definition) is 1. The van der Waals surface area contributed by atoms with Gasteiger partial charge >= 0.3 is 0 Å². The molecular formula is C13H12N4O2S. The zero-order valence-electron chi connectivity index (χ0n) is 10.7. The van der Waals surface area contributed by atoms with Crippen LogP contribution in [0, 0.1) is 6.92 Å². The summed E-state index contributed by atoms with van der Waals surface area (Å²) in [5.41, 5.74) is 2.94. The van der Waals surface area contributed by atoms with Crippen LogP contribution in [0.2, 0.25) is 0 Å². The maximum Gasteiger partial charge on any atom is 0.0774 e. The monoisotopic (exact) mass is 288 g/mol. The van der Waals surface area contributed by atoms with Crippen molar-refractivity contribution in [2.75, 3.05) is 0 Å². The number of benzene rings is 1. The molecule has 20 heavy (non-hydrogen) atoms. The van der Waals surface area contributed by atoms with Gasteiger partial charge in [0.1, 0.15) is 0 Å². The fourth-order valence-corrected chi connectivity index (χ4v) is 2.37. The van der Waals surface area contributed by atoms with Crippen molar-refractivity contribution in [3.05, 3.63) is 48.4 Å². The van der Waals surface area contributed by atoms with Crippen LogP contribution < -0.4 is 5.90 Å². The van der Waals surface area contributed by atoms with Gasteiger partial charge in [0.05, 0.1) is 28.9 Å². The molecule has 0 atom stereocenters. The minimum Gasteiger partial charge on any atom is -0.264 e. The van der Waals surface area contributed by atoms with Crippen LogP contribution in [-0.4, -0.2) is 14.8 Å². The van der Waals surface area contributed by atoms with E-state index in [2.05, 4.69) is 19.4 Å². The highest BCUT2D eigenvalue weighted by Crippen LogP contribution is 2.23. The van der Waals surface area contributed by atoms with Crippen LogP contribution in [0.3, 0.4) is 0 Å². The SMILES string of the molecule is Cc1nn(-c2ccc(SOON)cc2)c2ccncc12. The Labute approximate surface area is 119 Å². The molecular weight excluding hydrogens is 276 g/mol. The van der Waals surface area contributed by atoms with Crippen LogP contribution in [-0.2, 0) is 9.32 Å². The van der Waals surface area contributed by atoms with Gasteiger partial charge in [-0.25, -0.2) is 4.68 Å². The lowest BCUT2D eigenvalue weighted by Gasteiger charge is -2.04. The Morgan fingerprint density at radius 2 is 2.00 bits per heavy atom. The van der Waals surface area contributed by atoms with E-state index < -0.39 is 0 Å². The lowest BCUT2D eigenvalue weighted by Crippen LogP contribution is -1.97. The highest BCUT2D eigenvalue weighted by molar-refractivity contribution is 7.94. The third kappa shape index (κ3) is 2.39. The third-order valence-corrected chi connectivity index (χ3v) is 3.53. The molecule has 6 nitrogen and oxygen atoms in total. The summed E-state index contributed by atoms with van der Waals surface area (Å²) in [6.07, 6.45) is 3.58. The van der Waals surface area contributed by atoms with Crippen molar-refractivity contribution in [2.45, 2.75) is 11.8 Å². The summed E-state index contributed by atoms with van der Waals surface area (Å²) in [6, 6.07) is 9.67. The van der Waals surface area contributed by atoms with Crippen molar-refractivity contribution < 1.29 is 9.32 Å². The number of hydrogen-bond acceptors (Lipinski definition) is 6. The molecule has 0 bridgehead atoms. The number of pyridine rings is 1. The number of fused-ring (bicyclic) bond motifs is 1. The second-order valence-electron chi connectivity index (χ2n) is 4.13. The standard InChI is InChI=1S/C13H12N4O2S/c1-9-12-8-15-7-6-13(12)17(16-9)10-2-4-11(5-3-10)20-19-18-14/h2-8H,14H2,1H3. The first-order valence-corrected chi connectivity index (χ1v) is 6.63. The molecule has 0 fully saturated rings. The zero-order valence-corrected chi connectivity index (χ0v) is 11.5. The number of nitrogens with two attached hydrogens (primary N) is 1. The molecule has 2 aromatic heterocycles. The molecule has 0 saturated heterocycles. The van der Waals surface area contributed by atoms with E-state index >= 15 is 0 Å². The van der Waals surface area contributed by atoms with Gasteiger partial charge < -0.3 is 0 Å². The van der Waals surface area contributed by atoms with Crippen LogP contribution >= 0.6 is 12.0 Å². The van der Waals surface area contributed by atoms with Crippen molar-refractivity contribution in [1.29, 1.82) is 0 Å². The molecule has 0 aliphatic rings. The number of aryl methyl sites for hydroxylation is 1. The van der Waals surface area contributed by atoms with E-state index in [9.17, 15) is 0 Å². The van der Waals surface area contributed by atoms with Crippen LogP contribution in [0.5, 0.6) is 0 Å². The van der Waals surface area contributed by atoms with Gasteiger partial charge in [0, 0.05) is 22.7 Å². The molecule has 102 valence electrons. The molecule has 3 aromatic rings. The molecule has 0 aliphatic heterocycles. The molecule has 0 aliphatic carbocycles. The van der Waals surface area contributed by atoms with Gasteiger partial charge in [0.25, 0.3) is 0 Å². The summed E-state index contributed by atoms with van der Waals surface area (Å²) in [5, 5.41) is 5.59. The summed E-state index contributed by atoms with van der Waals surface area (Å²) in [7, 11) is 0. The maximum absolute atomic E-state index is 4.80. The van der Waals surface area contributed by atoms with Gasteiger partial charge in [-0.1, -0.05) is 0 Å². The van der Waals surface area contributed by atoms with Crippen LogP contribution in [0.15, 0.2) is 47.6 Å². The first-order valence-electron chi connectivity index (χ1n) is 5.89. The van der Waals surface area contributed by atoms with Crippen molar-refractivity contribution >= 4 is 22.9 Å². The van der Waals surface area contributed by atoms with Gasteiger partial charge in [-0.15, -0.1) is 9.32 Å². The van der Waals surface area contributed by atoms with Crippen LogP contribution in [0.4, 0.5) is 0 Å². The number of rotatable bonds is 4. The predicted octanol–water partition coefficient (Wildman–Crippen LogP) is 2.56. The quantitative estimate of drug-likeness (QED) is 0.452. The first-order chi connectivity index (χ1) is 9.79. The molecule has 1 aromatic carbocycles. The topological polar surface area (TPSA) is 75.2 Å². The van der Waals surface area contributed by atoms with E-state index in [1.54, 1.807) is 6.20 Å². The third-order valence-electron chi connectivity index (χ3n) is 2.92. The fraction of sp³-hybridized carbons (Fsp3) is 0.0769. The van der Waals surface area contributed by atoms with Gasteiger partial charge in [-0.2, -0.15) is 11.0 Å². The van der Waals surface area contributed by atoms with Crippen LogP contribution in [0.1, 0.15) is 5.69 Å². The van der Waals surface area contributed by atoms with Crippen molar-refractivity contribution in [2.24, 2.45) is 5.90 Å². The Bertz CT molecular complexity index is 727. The molecule has 0 saturated carbocycles. The van der Waals surface area contributed by atoms with Gasteiger partial charge in [0.15, 0.2) is 0 Å². The Kier molecular flexibility index (Phi) is 3.66. The van der Waals surface area contributed by atoms with E-state index in [1.807, 2.05) is 48.1 Å². The maximum atomic E-state index is 4.80. The molecule has 0 spiro atoms. The molecule has 2 heterocycles. The number of aromatic nitrogens is 3. The molecule has 7 heteroatoms. The lowest BCUT2D eigenvalue weighted by molar-refractivity contribution is -0.195. The van der Waals surface area contributed by atoms with E-state index in [4.69, 9.17) is 5.90 Å². The Morgan fingerprint density at radius 3 is 2.75 bits per heavy atom. The molecule has 2 N–H and O–H groups in total. The fourth-order valence-electron chi connectivity index (χ4n) is 2.01. The molecule has 0 unspecified atom stereocenters. The average molecular weight is 288 g/mol. The van der Waals surface area contributed by atoms with E-state index in [0.717, 1.165) is 39.2 Å². The van der Waals surface area contributed by atoms with Crippen molar-refractivity contribution in [3.8, 4) is 5.69 Å². The Balaban J connectivity index is 1.99. The van der Waals surface area contributed by atoms with Gasteiger partial charge in [-0.3, -0.25) is 4.98 Å². The predicted molar refractivity (Wildman–Crippen MR) is 75.8 cm³/mol. The second-order valence-corrected chi connectivity index (χ2v) is 4.91. The van der Waals surface area contributed by atoms with Gasteiger partial charge in [0.2, 0.25) is 0 Å². The summed E-state index contributed by atoms with van der Waals surface area (Å²) >= 11 is 1.05. The van der Waals surface area contributed by atoms with E-state index in [0.29, 0.717) is 0 Å². The Morgan fingerprint density at radius 1 is 1.20 bits per heavy atom. The van der Waals surface area contributed by atoms with Crippen molar-refractivity contribution in [3.63, 3.8) is 0 Å². The normalized spacial score (nSPS) is 11.1. The first kappa shape index (κ1) is 13.1. The lowest BCUT2D eigenvalue weighted by atomic mass is 10.2. The smallest absolute Gasteiger partial charge is 0.0774 e. The highest BCUT2D eigenvalue weighted by Gasteiger charge is 2.08. The Hall–Kier alpha value is -1.93. The summed E-state index contributed by atoms with van der Waals surface area (Å²) < 4.78 is 6.49. The summed E-state index contributed by atoms with van der Waals surface area (Å²) in [5.74, 6) is 4.80. The second kappa shape index (κ2) is 5.59. The van der Waals surface area contributed by atoms with Gasteiger partial charge in [-0.05, 0) is 37.3 Å². The molecule has 0 amide bonds. The molecule has 3 rings (SSSR count). The molecule has 0 radical (unpaired) electrons. The highest BCUT2D eigenvalue weighted by atomic mass is 32.2. The number of nitrogens with zero attached hydrogens (tertiary/aromatic N) is 3.